The van der Waals surface area contributed by atoms with Gasteiger partial charge in [0, 0.05) is 11.6 Å². The predicted octanol–water partition coefficient (Wildman–Crippen LogP) is 10.1. The molecular weight excluding hydrogens is 840 g/mol. The Balaban J connectivity index is 1.23. The molecule has 3 heterocycles. The molecule has 11 aromatic rings. The Morgan fingerprint density at radius 3 is 1.66 bits per heavy atom. The van der Waals surface area contributed by atoms with Gasteiger partial charge in [0.15, 0.2) is 0 Å². The first-order valence-electron chi connectivity index (χ1n) is 19.6. The second-order valence-corrected chi connectivity index (χ2v) is 25.5. The maximum atomic E-state index is 6.91. The van der Waals surface area contributed by atoms with Gasteiger partial charge in [-0.2, -0.15) is 0 Å². The second-order valence-electron chi connectivity index (χ2n) is 14.9. The van der Waals surface area contributed by atoms with E-state index in [1.54, 1.807) is 0 Å². The molecule has 0 amide bonds. The van der Waals surface area contributed by atoms with Crippen LogP contribution in [0.25, 0.3) is 60.4 Å². The molecule has 0 aliphatic rings. The van der Waals surface area contributed by atoms with Gasteiger partial charge >= 0.3 is 292 Å². The zero-order chi connectivity index (χ0) is 39.6. The van der Waals surface area contributed by atoms with E-state index >= 15 is 0 Å². The van der Waals surface area contributed by atoms with Crippen molar-refractivity contribution < 1.29 is 0 Å². The van der Waals surface area contributed by atoms with Crippen molar-refractivity contribution in [3.63, 3.8) is 0 Å². The molecule has 11 rings (SSSR count). The van der Waals surface area contributed by atoms with E-state index in [4.69, 9.17) is 16.8 Å². The summed E-state index contributed by atoms with van der Waals surface area (Å²) in [5, 5.41) is 11.9. The summed E-state index contributed by atoms with van der Waals surface area (Å²) in [6, 6.07) is 72.0. The van der Waals surface area contributed by atoms with Gasteiger partial charge in [-0.05, 0) is 6.07 Å². The van der Waals surface area contributed by atoms with Gasteiger partial charge in [-0.1, -0.05) is 42.5 Å². The molecule has 7 heteroatoms. The number of hydrogen-bond donors (Lipinski definition) is 0. The molecule has 0 bridgehead atoms. The molecule has 0 radical (unpaired) electrons. The van der Waals surface area contributed by atoms with Crippen LogP contribution in [0.3, 0.4) is 0 Å². The van der Waals surface area contributed by atoms with E-state index in [1.807, 2.05) is 12.3 Å². The van der Waals surface area contributed by atoms with E-state index in [2.05, 4.69) is 225 Å². The number of hydrogen-bond acceptors (Lipinski definition) is 3. The van der Waals surface area contributed by atoms with Crippen LogP contribution < -0.4 is 31.8 Å². The van der Waals surface area contributed by atoms with Crippen LogP contribution in [0.4, 0.5) is 0 Å². The van der Waals surface area contributed by atoms with Gasteiger partial charge in [-0.25, -0.2) is 0 Å². The number of fused-ring (bicyclic) bond motifs is 9. The van der Waals surface area contributed by atoms with Crippen molar-refractivity contribution in [2.45, 2.75) is 0 Å². The zero-order valence-electron chi connectivity index (χ0n) is 31.8. The summed E-state index contributed by atoms with van der Waals surface area (Å²) in [7, 11) is 0. The van der Waals surface area contributed by atoms with Crippen LogP contribution >= 0.6 is 11.5 Å². The summed E-state index contributed by atoms with van der Waals surface area (Å²) in [5.74, 6) is 0. The Morgan fingerprint density at radius 1 is 0.424 bits per heavy atom. The third-order valence-corrected chi connectivity index (χ3v) is 23.5. The number of rotatable bonds is 7. The Morgan fingerprint density at radius 2 is 1.00 bits per heavy atom. The van der Waals surface area contributed by atoms with Crippen molar-refractivity contribution in [1.29, 1.82) is 0 Å². The van der Waals surface area contributed by atoms with Gasteiger partial charge in [-0.3, -0.25) is 4.98 Å². The standard InChI is InChI=1S/C52H35N3P2SSe/c58-56(39-15-5-1-6-16-39,40-17-7-2-8-18-40)43-26-29-46-45-28-27-44(57(59,41-19-9-3-10-20-41)42-21-11-4-12-22-42)34-47(45)52-54-48-30-25-38(33-51(48)55(52)50(46)35-43)37-24-23-36-14-13-31-53-49(36)32-37/h1-35H. The Kier molecular flexibility index (Phi) is 8.93. The van der Waals surface area contributed by atoms with Crippen molar-refractivity contribution in [2.75, 3.05) is 0 Å². The van der Waals surface area contributed by atoms with Crippen molar-refractivity contribution in [1.82, 2.24) is 14.4 Å². The van der Waals surface area contributed by atoms with E-state index in [0.717, 1.165) is 60.3 Å². The monoisotopic (exact) mass is 875 g/mol. The number of pyridine rings is 2. The zero-order valence-corrected chi connectivity index (χ0v) is 36.1. The third kappa shape index (κ3) is 5.92. The van der Waals surface area contributed by atoms with Crippen molar-refractivity contribution in [3.05, 3.63) is 212 Å². The average molecular weight is 875 g/mol. The average Bonchev–Trinajstić information content (AvgIpc) is 3.71. The maximum absolute atomic E-state index is 6.91. The molecule has 0 saturated carbocycles. The minimum atomic E-state index is -2.45. The SMILES string of the molecule is S=P(c1ccccc1)(c1ccccc1)c1ccc2c3ccc(P(=[Se])(c4ccccc4)c4ccccc4)cc3c3nc4ccc(-c5ccc6cccnc6c5)cc4n3c2c1. The van der Waals surface area contributed by atoms with E-state index in [9.17, 15) is 0 Å². The van der Waals surface area contributed by atoms with Crippen LogP contribution in [-0.4, -0.2) is 29.5 Å². The van der Waals surface area contributed by atoms with Crippen molar-refractivity contribution in [3.8, 4) is 11.1 Å². The van der Waals surface area contributed by atoms with Gasteiger partial charge in [0.2, 0.25) is 0 Å². The fourth-order valence-electron chi connectivity index (χ4n) is 8.65. The molecule has 0 fully saturated rings. The molecule has 0 aliphatic heterocycles. The summed E-state index contributed by atoms with van der Waals surface area (Å²) < 4.78 is 2.39. The Hall–Kier alpha value is -5.76. The molecule has 3 nitrogen and oxygen atoms in total. The minimum absolute atomic E-state index is 0.930. The van der Waals surface area contributed by atoms with Crippen molar-refractivity contribution >= 4 is 120 Å². The van der Waals surface area contributed by atoms with E-state index in [-0.39, 0.29) is 0 Å². The number of nitrogens with zero attached hydrogens (tertiary/aromatic N) is 3. The van der Waals surface area contributed by atoms with E-state index < -0.39 is 11.5 Å². The molecule has 0 saturated heterocycles. The normalized spacial score (nSPS) is 12.2. The molecule has 0 aliphatic carbocycles. The van der Waals surface area contributed by atoms with E-state index in [1.165, 1.54) is 31.9 Å². The number of benzene rings is 8. The third-order valence-electron chi connectivity index (χ3n) is 11.6. The fraction of sp³-hybridized carbons (Fsp3) is 0. The Bertz CT molecular complexity index is 3410. The molecule has 59 heavy (non-hydrogen) atoms. The molecule has 280 valence electrons. The molecule has 0 spiro atoms. The van der Waals surface area contributed by atoms with Crippen LogP contribution in [0, 0.1) is 0 Å². The molecule has 0 unspecified atom stereocenters. The first kappa shape index (κ1) is 36.3. The summed E-state index contributed by atoms with van der Waals surface area (Å²) in [5.41, 5.74) is 5.08. The van der Waals surface area contributed by atoms with Gasteiger partial charge in [0.25, 0.3) is 0 Å². The quantitative estimate of drug-likeness (QED) is 0.0908. The molecule has 3 aromatic heterocycles. The molecule has 0 N–H and O–H groups in total. The number of aromatic nitrogens is 3. The van der Waals surface area contributed by atoms with Crippen LogP contribution in [0.1, 0.15) is 0 Å². The predicted molar refractivity (Wildman–Crippen MR) is 259 cm³/mol. The second kappa shape index (κ2) is 14.5. The van der Waals surface area contributed by atoms with Gasteiger partial charge in [0.05, 0.1) is 0 Å². The molecular formula is C52H35N3P2SSe. The first-order chi connectivity index (χ1) is 29.0. The molecule has 0 atom stereocenters. The summed E-state index contributed by atoms with van der Waals surface area (Å²) in [6.45, 7) is 0. The fourth-order valence-corrected chi connectivity index (χ4v) is 17.3. The summed E-state index contributed by atoms with van der Waals surface area (Å²) in [6.07, 6.45) is 1.86. The summed E-state index contributed by atoms with van der Waals surface area (Å²) in [4.78, 5) is 10.2. The van der Waals surface area contributed by atoms with Gasteiger partial charge in [0.1, 0.15) is 0 Å². The van der Waals surface area contributed by atoms with Crippen LogP contribution in [0.2, 0.25) is 0 Å². The van der Waals surface area contributed by atoms with Crippen LogP contribution in [0.15, 0.2) is 212 Å². The topological polar surface area (TPSA) is 30.2 Å². The molecule has 8 aromatic carbocycles. The van der Waals surface area contributed by atoms with Crippen molar-refractivity contribution in [2.24, 2.45) is 0 Å². The van der Waals surface area contributed by atoms with Gasteiger partial charge in [-0.15, -0.1) is 0 Å². The van der Waals surface area contributed by atoms with E-state index in [0.29, 0.717) is 0 Å². The first-order valence-corrected chi connectivity index (χ1v) is 26.4. The number of imidazole rings is 1. The van der Waals surface area contributed by atoms with Crippen LogP contribution in [0.5, 0.6) is 0 Å². The van der Waals surface area contributed by atoms with Crippen LogP contribution in [-0.2, 0) is 11.8 Å². The Labute approximate surface area is 355 Å². The summed E-state index contributed by atoms with van der Waals surface area (Å²) >= 11 is 10.7. The van der Waals surface area contributed by atoms with Gasteiger partial charge < -0.3 is 0 Å².